The van der Waals surface area contributed by atoms with Gasteiger partial charge in [-0.25, -0.2) is 0 Å². The Kier molecular flexibility index (Phi) is 4.78. The molecule has 1 fully saturated rings. The van der Waals surface area contributed by atoms with Gasteiger partial charge in [0.1, 0.15) is 0 Å². The van der Waals surface area contributed by atoms with Gasteiger partial charge in [-0.2, -0.15) is 0 Å². The zero-order chi connectivity index (χ0) is 14.9. The topological polar surface area (TPSA) is 58.4 Å². The quantitative estimate of drug-likeness (QED) is 0.825. The average molecular weight is 316 g/mol. The molecule has 4 nitrogen and oxygen atoms in total. The summed E-state index contributed by atoms with van der Waals surface area (Å²) in [6.45, 7) is 4.11. The van der Waals surface area contributed by atoms with Gasteiger partial charge in [0.05, 0.1) is 15.7 Å². The largest absolute Gasteiger partial charge is 0.396 e. The predicted octanol–water partition coefficient (Wildman–Crippen LogP) is 2.65. The molecule has 1 aromatic rings. The first-order chi connectivity index (χ1) is 9.38. The Hall–Kier alpha value is -0.970. The van der Waals surface area contributed by atoms with Crippen molar-refractivity contribution in [2.24, 2.45) is 5.92 Å². The molecule has 6 heteroatoms. The molecule has 1 aromatic carbocycles. The average Bonchev–Trinajstić information content (AvgIpc) is 2.38. The number of nitrogens with two attached hydrogens (primary N) is 1. The summed E-state index contributed by atoms with van der Waals surface area (Å²) in [6.07, 6.45) is 0.944. The van der Waals surface area contributed by atoms with E-state index in [0.29, 0.717) is 27.2 Å². The first-order valence-electron chi connectivity index (χ1n) is 6.62. The maximum Gasteiger partial charge on any atom is 0.251 e. The van der Waals surface area contributed by atoms with Crippen LogP contribution in [0.3, 0.4) is 0 Å². The lowest BCUT2D eigenvalue weighted by Gasteiger charge is -2.35. The van der Waals surface area contributed by atoms with Crippen molar-refractivity contribution in [3.05, 3.63) is 27.7 Å². The predicted molar refractivity (Wildman–Crippen MR) is 83.4 cm³/mol. The van der Waals surface area contributed by atoms with Crippen molar-refractivity contribution in [3.8, 4) is 0 Å². The fourth-order valence-corrected chi connectivity index (χ4v) is 3.02. The third-order valence-electron chi connectivity index (χ3n) is 3.77. The molecule has 2 rings (SSSR count). The Bertz CT molecular complexity index is 498. The number of halogens is 2. The minimum atomic E-state index is -0.157. The maximum absolute atomic E-state index is 12.3. The van der Waals surface area contributed by atoms with E-state index in [0.717, 1.165) is 19.5 Å². The van der Waals surface area contributed by atoms with E-state index < -0.39 is 0 Å². The van der Waals surface area contributed by atoms with E-state index in [1.807, 2.05) is 0 Å². The molecule has 3 N–H and O–H groups in total. The molecule has 0 spiro atoms. The number of likely N-dealkylation sites (tertiary alicyclic amines) is 1. The summed E-state index contributed by atoms with van der Waals surface area (Å²) in [5, 5.41) is 3.67. The molecule has 0 saturated carbocycles. The number of benzene rings is 1. The second-order valence-corrected chi connectivity index (χ2v) is 6.28. The minimum absolute atomic E-state index is 0.157. The zero-order valence-electron chi connectivity index (χ0n) is 11.6. The van der Waals surface area contributed by atoms with Gasteiger partial charge in [0, 0.05) is 18.2 Å². The number of rotatable bonds is 2. The lowest BCUT2D eigenvalue weighted by Crippen LogP contribution is -2.48. The van der Waals surface area contributed by atoms with Gasteiger partial charge in [-0.1, -0.05) is 30.1 Å². The fraction of sp³-hybridized carbons (Fsp3) is 0.500. The number of anilines is 1. The number of nitrogen functional groups attached to an aromatic ring is 1. The van der Waals surface area contributed by atoms with E-state index in [2.05, 4.69) is 24.2 Å². The Morgan fingerprint density at radius 2 is 2.00 bits per heavy atom. The summed E-state index contributed by atoms with van der Waals surface area (Å²) >= 11 is 11.9. The van der Waals surface area contributed by atoms with Crippen LogP contribution in [0, 0.1) is 5.92 Å². The summed E-state index contributed by atoms with van der Waals surface area (Å²) in [6, 6.07) is 3.28. The Morgan fingerprint density at radius 3 is 2.55 bits per heavy atom. The van der Waals surface area contributed by atoms with Gasteiger partial charge in [0.2, 0.25) is 0 Å². The van der Waals surface area contributed by atoms with Gasteiger partial charge in [-0.3, -0.25) is 4.79 Å². The fourth-order valence-electron chi connectivity index (χ4n) is 2.54. The van der Waals surface area contributed by atoms with Crippen molar-refractivity contribution in [1.82, 2.24) is 10.2 Å². The van der Waals surface area contributed by atoms with E-state index >= 15 is 0 Å². The third-order valence-corrected chi connectivity index (χ3v) is 4.39. The Balaban J connectivity index is 2.09. The Labute approximate surface area is 129 Å². The van der Waals surface area contributed by atoms with Gasteiger partial charge >= 0.3 is 0 Å². The SMILES string of the molecule is CC1CN(C)CCC1NC(=O)c1cc(Cl)c(N)c(Cl)c1. The van der Waals surface area contributed by atoms with Crippen LogP contribution in [0.5, 0.6) is 0 Å². The van der Waals surface area contributed by atoms with Crippen molar-refractivity contribution in [3.63, 3.8) is 0 Å². The van der Waals surface area contributed by atoms with E-state index in [-0.39, 0.29) is 11.9 Å². The molecular weight excluding hydrogens is 297 g/mol. The van der Waals surface area contributed by atoms with Crippen LogP contribution in [0.4, 0.5) is 5.69 Å². The van der Waals surface area contributed by atoms with E-state index in [9.17, 15) is 4.79 Å². The van der Waals surface area contributed by atoms with Crippen LogP contribution in [-0.2, 0) is 0 Å². The highest BCUT2D eigenvalue weighted by Gasteiger charge is 2.26. The molecule has 0 bridgehead atoms. The molecule has 1 amide bonds. The van der Waals surface area contributed by atoms with Crippen molar-refractivity contribution >= 4 is 34.8 Å². The highest BCUT2D eigenvalue weighted by atomic mass is 35.5. The summed E-state index contributed by atoms with van der Waals surface area (Å²) in [5.74, 6) is 0.257. The van der Waals surface area contributed by atoms with E-state index in [1.54, 1.807) is 12.1 Å². The van der Waals surface area contributed by atoms with Crippen molar-refractivity contribution in [2.45, 2.75) is 19.4 Å². The van der Waals surface area contributed by atoms with Gasteiger partial charge in [0.25, 0.3) is 5.91 Å². The Morgan fingerprint density at radius 1 is 1.40 bits per heavy atom. The summed E-state index contributed by atoms with van der Waals surface area (Å²) in [7, 11) is 2.09. The lowest BCUT2D eigenvalue weighted by molar-refractivity contribution is 0.0884. The molecule has 1 aliphatic rings. The highest BCUT2D eigenvalue weighted by Crippen LogP contribution is 2.29. The molecule has 20 heavy (non-hydrogen) atoms. The van der Waals surface area contributed by atoms with Crippen LogP contribution in [0.25, 0.3) is 0 Å². The number of nitrogens with one attached hydrogen (secondary N) is 1. The number of hydrogen-bond acceptors (Lipinski definition) is 3. The molecule has 0 aliphatic carbocycles. The van der Waals surface area contributed by atoms with Crippen LogP contribution < -0.4 is 11.1 Å². The van der Waals surface area contributed by atoms with Gasteiger partial charge in [-0.15, -0.1) is 0 Å². The number of amides is 1. The minimum Gasteiger partial charge on any atom is -0.396 e. The molecule has 1 saturated heterocycles. The van der Waals surface area contributed by atoms with Crippen molar-refractivity contribution in [1.29, 1.82) is 0 Å². The molecule has 110 valence electrons. The van der Waals surface area contributed by atoms with Crippen LogP contribution in [0.15, 0.2) is 12.1 Å². The van der Waals surface area contributed by atoms with Crippen LogP contribution in [-0.4, -0.2) is 37.0 Å². The first-order valence-corrected chi connectivity index (χ1v) is 7.38. The second-order valence-electron chi connectivity index (χ2n) is 5.46. The summed E-state index contributed by atoms with van der Waals surface area (Å²) in [5.41, 5.74) is 6.42. The molecule has 0 aromatic heterocycles. The lowest BCUT2D eigenvalue weighted by atomic mass is 9.94. The smallest absolute Gasteiger partial charge is 0.251 e. The van der Waals surface area contributed by atoms with E-state index in [1.165, 1.54) is 0 Å². The molecule has 2 unspecified atom stereocenters. The van der Waals surface area contributed by atoms with Crippen LogP contribution in [0.1, 0.15) is 23.7 Å². The molecular formula is C14H19Cl2N3O. The van der Waals surface area contributed by atoms with Crippen LogP contribution in [0.2, 0.25) is 10.0 Å². The number of piperidine rings is 1. The molecule has 1 heterocycles. The second kappa shape index (κ2) is 6.20. The maximum atomic E-state index is 12.3. The third kappa shape index (κ3) is 3.37. The molecule has 2 atom stereocenters. The normalized spacial score (nSPS) is 23.6. The van der Waals surface area contributed by atoms with E-state index in [4.69, 9.17) is 28.9 Å². The van der Waals surface area contributed by atoms with Crippen molar-refractivity contribution in [2.75, 3.05) is 25.9 Å². The number of nitrogens with zero attached hydrogens (tertiary/aromatic N) is 1. The number of carbonyl (C=O) groups is 1. The van der Waals surface area contributed by atoms with Crippen LogP contribution >= 0.6 is 23.2 Å². The van der Waals surface area contributed by atoms with Gasteiger partial charge in [-0.05, 0) is 38.1 Å². The zero-order valence-corrected chi connectivity index (χ0v) is 13.1. The van der Waals surface area contributed by atoms with Gasteiger partial charge in [0.15, 0.2) is 0 Å². The summed E-state index contributed by atoms with van der Waals surface area (Å²) < 4.78 is 0. The highest BCUT2D eigenvalue weighted by molar-refractivity contribution is 6.39. The monoisotopic (exact) mass is 315 g/mol. The first kappa shape index (κ1) is 15.4. The van der Waals surface area contributed by atoms with Crippen molar-refractivity contribution < 1.29 is 4.79 Å². The number of carbonyl (C=O) groups excluding carboxylic acids is 1. The summed E-state index contributed by atoms with van der Waals surface area (Å²) in [4.78, 5) is 14.5. The standard InChI is InChI=1S/C14H19Cl2N3O/c1-8-7-19(2)4-3-12(8)18-14(20)9-5-10(15)13(17)11(16)6-9/h5-6,8,12H,3-4,7,17H2,1-2H3,(H,18,20). The van der Waals surface area contributed by atoms with Gasteiger partial charge < -0.3 is 16.0 Å². The molecule has 0 radical (unpaired) electrons. The molecule has 1 aliphatic heterocycles. The number of hydrogen-bond donors (Lipinski definition) is 2.